The fraction of sp³-hybridized carbons (Fsp3) is 0.312. The molecular formula is C16H17ClN2. The molecule has 1 aromatic carbocycles. The van der Waals surface area contributed by atoms with E-state index in [-0.39, 0.29) is 0 Å². The largest absolute Gasteiger partial charge is 0.326 e. The van der Waals surface area contributed by atoms with Gasteiger partial charge in [0.05, 0.1) is 0 Å². The molecule has 1 aliphatic heterocycles. The molecule has 0 amide bonds. The number of alkyl halides is 1. The van der Waals surface area contributed by atoms with Crippen LogP contribution in [0.1, 0.15) is 23.1 Å². The summed E-state index contributed by atoms with van der Waals surface area (Å²) in [6, 6.07) is 10.8. The zero-order valence-electron chi connectivity index (χ0n) is 11.1. The molecule has 2 heterocycles. The number of hydrogen-bond donors (Lipinski definition) is 0. The van der Waals surface area contributed by atoms with Crippen molar-refractivity contribution in [1.29, 1.82) is 0 Å². The van der Waals surface area contributed by atoms with E-state index in [0.717, 1.165) is 24.3 Å². The average Bonchev–Trinajstić information content (AvgIpc) is 2.46. The van der Waals surface area contributed by atoms with Crippen molar-refractivity contribution < 1.29 is 0 Å². The Morgan fingerprint density at radius 1 is 1.26 bits per heavy atom. The monoisotopic (exact) mass is 272 g/mol. The second-order valence-corrected chi connectivity index (χ2v) is 5.31. The van der Waals surface area contributed by atoms with Crippen LogP contribution in [0.2, 0.25) is 0 Å². The van der Waals surface area contributed by atoms with Crippen LogP contribution in [0.5, 0.6) is 0 Å². The molecule has 3 heteroatoms. The molecule has 3 rings (SSSR count). The maximum Gasteiger partial charge on any atom is 0.132 e. The third kappa shape index (κ3) is 2.45. The molecular weight excluding hydrogens is 256 g/mol. The first-order valence-corrected chi connectivity index (χ1v) is 7.19. The lowest BCUT2D eigenvalue weighted by molar-refractivity contribution is 0.758. The standard InChI is InChI=1S/C16H17ClN2/c1-12-4-6-15-14(9-12)3-2-8-19(15)16-7-5-13(10-17)11-18-16/h4-7,9,11H,2-3,8,10H2,1H3. The van der Waals surface area contributed by atoms with Gasteiger partial charge in [0, 0.05) is 24.3 Å². The Labute approximate surface area is 119 Å². The first-order valence-electron chi connectivity index (χ1n) is 6.66. The van der Waals surface area contributed by atoms with E-state index < -0.39 is 0 Å². The topological polar surface area (TPSA) is 16.1 Å². The first-order chi connectivity index (χ1) is 9.28. The molecule has 0 fully saturated rings. The van der Waals surface area contributed by atoms with E-state index in [9.17, 15) is 0 Å². The summed E-state index contributed by atoms with van der Waals surface area (Å²) in [7, 11) is 0. The number of hydrogen-bond acceptors (Lipinski definition) is 2. The minimum Gasteiger partial charge on any atom is -0.326 e. The summed E-state index contributed by atoms with van der Waals surface area (Å²) in [4.78, 5) is 6.84. The number of aromatic nitrogens is 1. The van der Waals surface area contributed by atoms with E-state index in [1.54, 1.807) is 0 Å². The van der Waals surface area contributed by atoms with E-state index >= 15 is 0 Å². The van der Waals surface area contributed by atoms with Crippen LogP contribution >= 0.6 is 11.6 Å². The predicted molar refractivity (Wildman–Crippen MR) is 80.3 cm³/mol. The van der Waals surface area contributed by atoms with Gasteiger partial charge in [-0.25, -0.2) is 4.98 Å². The van der Waals surface area contributed by atoms with Crippen LogP contribution in [0.25, 0.3) is 0 Å². The fourth-order valence-electron chi connectivity index (χ4n) is 2.62. The maximum absolute atomic E-state index is 5.81. The fourth-order valence-corrected chi connectivity index (χ4v) is 2.78. The van der Waals surface area contributed by atoms with Crippen molar-refractivity contribution in [3.63, 3.8) is 0 Å². The van der Waals surface area contributed by atoms with E-state index in [1.807, 2.05) is 6.20 Å². The molecule has 19 heavy (non-hydrogen) atoms. The van der Waals surface area contributed by atoms with Crippen LogP contribution in [0.15, 0.2) is 36.5 Å². The Bertz CT molecular complexity index is 578. The van der Waals surface area contributed by atoms with Crippen LogP contribution in [-0.4, -0.2) is 11.5 Å². The summed E-state index contributed by atoms with van der Waals surface area (Å²) in [6.45, 7) is 3.18. The second-order valence-electron chi connectivity index (χ2n) is 5.05. The van der Waals surface area contributed by atoms with Gasteiger partial charge in [0.1, 0.15) is 5.82 Å². The number of halogens is 1. The van der Waals surface area contributed by atoms with Crippen molar-refractivity contribution in [3.8, 4) is 0 Å². The zero-order chi connectivity index (χ0) is 13.2. The minimum absolute atomic E-state index is 0.517. The lowest BCUT2D eigenvalue weighted by Gasteiger charge is -2.30. The lowest BCUT2D eigenvalue weighted by atomic mass is 9.99. The van der Waals surface area contributed by atoms with Crippen molar-refractivity contribution in [1.82, 2.24) is 4.98 Å². The van der Waals surface area contributed by atoms with Crippen molar-refractivity contribution in [2.45, 2.75) is 25.6 Å². The molecule has 0 N–H and O–H groups in total. The molecule has 0 bridgehead atoms. The normalized spacial score (nSPS) is 14.3. The second kappa shape index (κ2) is 5.22. The number of fused-ring (bicyclic) bond motifs is 1. The Morgan fingerprint density at radius 2 is 2.16 bits per heavy atom. The Morgan fingerprint density at radius 3 is 2.89 bits per heavy atom. The molecule has 0 aliphatic carbocycles. The summed E-state index contributed by atoms with van der Waals surface area (Å²) in [5.41, 5.74) is 5.11. The summed E-state index contributed by atoms with van der Waals surface area (Å²) in [5.74, 6) is 1.53. The van der Waals surface area contributed by atoms with Gasteiger partial charge in [-0.2, -0.15) is 0 Å². The Balaban J connectivity index is 1.98. The first kappa shape index (κ1) is 12.5. The third-order valence-corrected chi connectivity index (χ3v) is 3.90. The number of benzene rings is 1. The number of nitrogens with zero attached hydrogens (tertiary/aromatic N) is 2. The highest BCUT2D eigenvalue weighted by molar-refractivity contribution is 6.17. The molecule has 0 spiro atoms. The van der Waals surface area contributed by atoms with Gasteiger partial charge in [-0.3, -0.25) is 0 Å². The van der Waals surface area contributed by atoms with Crippen molar-refractivity contribution in [3.05, 3.63) is 53.2 Å². The maximum atomic E-state index is 5.81. The van der Waals surface area contributed by atoms with Gasteiger partial charge in [-0.05, 0) is 43.0 Å². The number of rotatable bonds is 2. The number of anilines is 2. The zero-order valence-corrected chi connectivity index (χ0v) is 11.8. The molecule has 98 valence electrons. The van der Waals surface area contributed by atoms with Crippen LogP contribution in [0, 0.1) is 6.92 Å². The highest BCUT2D eigenvalue weighted by Crippen LogP contribution is 2.32. The van der Waals surface area contributed by atoms with Gasteiger partial charge < -0.3 is 4.90 Å². The summed E-state index contributed by atoms with van der Waals surface area (Å²) in [5, 5.41) is 0. The average molecular weight is 273 g/mol. The van der Waals surface area contributed by atoms with E-state index in [4.69, 9.17) is 11.6 Å². The van der Waals surface area contributed by atoms with Crippen LogP contribution in [-0.2, 0) is 12.3 Å². The van der Waals surface area contributed by atoms with Gasteiger partial charge in [-0.15, -0.1) is 11.6 Å². The summed E-state index contributed by atoms with van der Waals surface area (Å²) in [6.07, 6.45) is 4.20. The molecule has 0 saturated heterocycles. The summed E-state index contributed by atoms with van der Waals surface area (Å²) < 4.78 is 0. The van der Waals surface area contributed by atoms with Crippen LogP contribution < -0.4 is 4.90 Å². The SMILES string of the molecule is Cc1ccc2c(c1)CCCN2c1ccc(CCl)cn1. The van der Waals surface area contributed by atoms with Gasteiger partial charge in [0.15, 0.2) is 0 Å². The van der Waals surface area contributed by atoms with Gasteiger partial charge in [-0.1, -0.05) is 23.8 Å². The Hall–Kier alpha value is -1.54. The van der Waals surface area contributed by atoms with Crippen molar-refractivity contribution >= 4 is 23.1 Å². The highest BCUT2D eigenvalue weighted by atomic mass is 35.5. The minimum atomic E-state index is 0.517. The highest BCUT2D eigenvalue weighted by Gasteiger charge is 2.18. The molecule has 0 saturated carbocycles. The van der Waals surface area contributed by atoms with Crippen molar-refractivity contribution in [2.24, 2.45) is 0 Å². The van der Waals surface area contributed by atoms with Gasteiger partial charge in [0.2, 0.25) is 0 Å². The molecule has 0 unspecified atom stereocenters. The van der Waals surface area contributed by atoms with Gasteiger partial charge in [0.25, 0.3) is 0 Å². The summed E-state index contributed by atoms with van der Waals surface area (Å²) >= 11 is 5.81. The molecule has 0 atom stereocenters. The third-order valence-electron chi connectivity index (χ3n) is 3.59. The van der Waals surface area contributed by atoms with Gasteiger partial charge >= 0.3 is 0 Å². The number of aryl methyl sites for hydroxylation is 2. The smallest absolute Gasteiger partial charge is 0.132 e. The molecule has 2 nitrogen and oxygen atoms in total. The quantitative estimate of drug-likeness (QED) is 0.761. The van der Waals surface area contributed by atoms with Crippen molar-refractivity contribution in [2.75, 3.05) is 11.4 Å². The molecule has 1 aliphatic rings. The van der Waals surface area contributed by atoms with E-state index in [1.165, 1.54) is 23.2 Å². The predicted octanol–water partition coefficient (Wildman–Crippen LogP) is 4.21. The molecule has 1 aromatic heterocycles. The molecule has 2 aromatic rings. The number of pyridine rings is 1. The van der Waals surface area contributed by atoms with E-state index in [2.05, 4.69) is 47.1 Å². The Kier molecular flexibility index (Phi) is 3.43. The molecule has 0 radical (unpaired) electrons. The lowest BCUT2D eigenvalue weighted by Crippen LogP contribution is -2.25. The van der Waals surface area contributed by atoms with E-state index in [0.29, 0.717) is 5.88 Å². The van der Waals surface area contributed by atoms with Crippen LogP contribution in [0.3, 0.4) is 0 Å². The van der Waals surface area contributed by atoms with Crippen LogP contribution in [0.4, 0.5) is 11.5 Å².